The Bertz CT molecular complexity index is 1030. The first-order chi connectivity index (χ1) is 13.2. The van der Waals surface area contributed by atoms with E-state index in [-0.39, 0.29) is 11.5 Å². The van der Waals surface area contributed by atoms with Crippen LogP contribution in [0.25, 0.3) is 12.2 Å². The molecule has 0 saturated heterocycles. The fraction of sp³-hybridized carbons (Fsp3) is 0.0870. The van der Waals surface area contributed by atoms with Crippen LogP contribution >= 0.6 is 0 Å². The Morgan fingerprint density at radius 2 is 1.89 bits per heavy atom. The lowest BCUT2D eigenvalue weighted by Gasteiger charge is -2.04. The summed E-state index contributed by atoms with van der Waals surface area (Å²) >= 11 is 0. The summed E-state index contributed by atoms with van der Waals surface area (Å²) in [7, 11) is 0. The van der Waals surface area contributed by atoms with Gasteiger partial charge >= 0.3 is 0 Å². The molecule has 0 bridgehead atoms. The molecule has 0 N–H and O–H groups in total. The number of hydrogen-bond donors (Lipinski definition) is 0. The van der Waals surface area contributed by atoms with Crippen molar-refractivity contribution in [2.75, 3.05) is 6.61 Å². The highest BCUT2D eigenvalue weighted by Gasteiger charge is 2.28. The zero-order valence-corrected chi connectivity index (χ0v) is 14.8. The zero-order valence-electron chi connectivity index (χ0n) is 14.8. The van der Waals surface area contributed by atoms with Crippen molar-refractivity contribution in [1.82, 2.24) is 0 Å². The van der Waals surface area contributed by atoms with E-state index >= 15 is 0 Å². The van der Waals surface area contributed by atoms with Crippen molar-refractivity contribution in [2.45, 2.75) is 6.92 Å². The molecule has 134 valence electrons. The van der Waals surface area contributed by atoms with Gasteiger partial charge in [0.1, 0.15) is 29.6 Å². The van der Waals surface area contributed by atoms with Crippen LogP contribution in [0.15, 0.2) is 76.9 Å². The van der Waals surface area contributed by atoms with Crippen molar-refractivity contribution in [3.8, 4) is 11.5 Å². The van der Waals surface area contributed by atoms with Crippen molar-refractivity contribution in [1.29, 1.82) is 0 Å². The second-order valence-electron chi connectivity index (χ2n) is 6.17. The van der Waals surface area contributed by atoms with Gasteiger partial charge in [0, 0.05) is 12.1 Å². The second-order valence-corrected chi connectivity index (χ2v) is 6.17. The molecule has 0 unspecified atom stereocenters. The first-order valence-corrected chi connectivity index (χ1v) is 8.68. The van der Waals surface area contributed by atoms with E-state index < -0.39 is 0 Å². The van der Waals surface area contributed by atoms with Gasteiger partial charge in [-0.15, -0.1) is 0 Å². The van der Waals surface area contributed by atoms with Crippen LogP contribution in [-0.2, 0) is 0 Å². The Kier molecular flexibility index (Phi) is 4.62. The van der Waals surface area contributed by atoms with Crippen molar-refractivity contribution in [3.05, 3.63) is 95.1 Å². The third-order valence-corrected chi connectivity index (χ3v) is 4.13. The van der Waals surface area contributed by atoms with Crippen molar-refractivity contribution in [3.63, 3.8) is 0 Å². The van der Waals surface area contributed by atoms with Crippen LogP contribution in [0.3, 0.4) is 0 Å². The highest BCUT2D eigenvalue weighted by atomic mass is 16.5. The first kappa shape index (κ1) is 16.9. The zero-order chi connectivity index (χ0) is 18.6. The molecule has 0 amide bonds. The average molecular weight is 358 g/mol. The van der Waals surface area contributed by atoms with Crippen molar-refractivity contribution < 1.29 is 18.7 Å². The van der Waals surface area contributed by atoms with E-state index in [2.05, 4.69) is 0 Å². The smallest absolute Gasteiger partial charge is 0.232 e. The predicted octanol–water partition coefficient (Wildman–Crippen LogP) is 5.30. The Morgan fingerprint density at radius 3 is 2.67 bits per heavy atom. The number of allylic oxidation sites excluding steroid dienone is 1. The number of fused-ring (bicyclic) bond motifs is 1. The van der Waals surface area contributed by atoms with Crippen LogP contribution < -0.4 is 9.47 Å². The van der Waals surface area contributed by atoms with Gasteiger partial charge in [0.15, 0.2) is 5.76 Å². The summed E-state index contributed by atoms with van der Waals surface area (Å²) in [5, 5.41) is 0. The molecule has 0 aliphatic carbocycles. The molecule has 0 atom stereocenters. The fourth-order valence-corrected chi connectivity index (χ4v) is 2.81. The van der Waals surface area contributed by atoms with Crippen LogP contribution in [-0.4, -0.2) is 12.4 Å². The van der Waals surface area contributed by atoms with E-state index in [0.29, 0.717) is 29.4 Å². The standard InChI is InChI=1S/C23H18O4/c1-16-9-10-19(26-16)15-22-23(24)20-12-11-18(14-21(20)27-22)25-13-5-8-17-6-3-2-4-7-17/h2-12,14-15H,13H2,1H3. The molecule has 2 aromatic carbocycles. The molecule has 0 fully saturated rings. The molecule has 4 nitrogen and oxygen atoms in total. The number of aryl methyl sites for hydroxylation is 1. The minimum Gasteiger partial charge on any atom is -0.489 e. The molecule has 1 aliphatic heterocycles. The minimum atomic E-state index is -0.158. The second kappa shape index (κ2) is 7.38. The van der Waals surface area contributed by atoms with Gasteiger partial charge in [0.2, 0.25) is 5.78 Å². The summed E-state index contributed by atoms with van der Waals surface area (Å²) in [4.78, 5) is 12.4. The Balaban J connectivity index is 1.43. The van der Waals surface area contributed by atoms with E-state index in [1.807, 2.05) is 55.5 Å². The number of ketones is 1. The van der Waals surface area contributed by atoms with Crippen LogP contribution in [0.5, 0.6) is 11.5 Å². The molecule has 1 aliphatic rings. The summed E-state index contributed by atoms with van der Waals surface area (Å²) in [6.45, 7) is 2.28. The van der Waals surface area contributed by atoms with Gasteiger partial charge in [0.05, 0.1) is 5.56 Å². The molecule has 0 saturated carbocycles. The highest BCUT2D eigenvalue weighted by Crippen LogP contribution is 2.35. The number of carbonyl (C=O) groups is 1. The molecule has 27 heavy (non-hydrogen) atoms. The molecule has 1 aromatic heterocycles. The predicted molar refractivity (Wildman–Crippen MR) is 104 cm³/mol. The van der Waals surface area contributed by atoms with Crippen LogP contribution in [0.1, 0.15) is 27.4 Å². The molecule has 3 aromatic rings. The van der Waals surface area contributed by atoms with Gasteiger partial charge < -0.3 is 13.9 Å². The van der Waals surface area contributed by atoms with Crippen LogP contribution in [0, 0.1) is 6.92 Å². The topological polar surface area (TPSA) is 48.7 Å². The van der Waals surface area contributed by atoms with Crippen molar-refractivity contribution >= 4 is 17.9 Å². The monoisotopic (exact) mass is 358 g/mol. The number of furan rings is 1. The summed E-state index contributed by atoms with van der Waals surface area (Å²) in [5.41, 5.74) is 1.64. The van der Waals surface area contributed by atoms with Gasteiger partial charge in [-0.05, 0) is 42.8 Å². The molecule has 2 heterocycles. The van der Waals surface area contributed by atoms with Gasteiger partial charge in [-0.1, -0.05) is 36.4 Å². The Morgan fingerprint density at radius 1 is 1.04 bits per heavy atom. The average Bonchev–Trinajstić information content (AvgIpc) is 3.23. The Labute approximate surface area is 157 Å². The normalized spacial score (nSPS) is 14.6. The maximum atomic E-state index is 12.4. The third-order valence-electron chi connectivity index (χ3n) is 4.13. The quantitative estimate of drug-likeness (QED) is 0.581. The summed E-state index contributed by atoms with van der Waals surface area (Å²) in [6, 6.07) is 18.9. The molecule has 0 radical (unpaired) electrons. The summed E-state index contributed by atoms with van der Waals surface area (Å²) in [5.74, 6) is 2.61. The third kappa shape index (κ3) is 3.85. The number of hydrogen-bond acceptors (Lipinski definition) is 4. The minimum absolute atomic E-state index is 0.158. The molecular weight excluding hydrogens is 340 g/mol. The molecule has 0 spiro atoms. The molecule has 4 rings (SSSR count). The lowest BCUT2D eigenvalue weighted by Crippen LogP contribution is -1.97. The SMILES string of the molecule is Cc1ccc(C=C2Oc3cc(OCC=Cc4ccccc4)ccc3C2=O)o1. The Hall–Kier alpha value is -3.53. The van der Waals surface area contributed by atoms with Crippen molar-refractivity contribution in [2.24, 2.45) is 0 Å². The van der Waals surface area contributed by atoms with Crippen LogP contribution in [0.4, 0.5) is 0 Å². The maximum absolute atomic E-state index is 12.4. The molecular formula is C23H18O4. The largest absolute Gasteiger partial charge is 0.489 e. The number of ether oxygens (including phenoxy) is 2. The lowest BCUT2D eigenvalue weighted by atomic mass is 10.1. The van der Waals surface area contributed by atoms with E-state index in [9.17, 15) is 4.79 Å². The fourth-order valence-electron chi connectivity index (χ4n) is 2.81. The van der Waals surface area contributed by atoms with Gasteiger partial charge in [-0.3, -0.25) is 4.79 Å². The number of rotatable bonds is 5. The van der Waals surface area contributed by atoms with E-state index in [0.717, 1.165) is 11.3 Å². The van der Waals surface area contributed by atoms with Gasteiger partial charge in [-0.25, -0.2) is 0 Å². The van der Waals surface area contributed by atoms with Crippen LogP contribution in [0.2, 0.25) is 0 Å². The summed E-state index contributed by atoms with van der Waals surface area (Å²) < 4.78 is 16.9. The molecule has 4 heteroatoms. The van der Waals surface area contributed by atoms with E-state index in [1.54, 1.807) is 30.3 Å². The van der Waals surface area contributed by atoms with Gasteiger partial charge in [-0.2, -0.15) is 0 Å². The van der Waals surface area contributed by atoms with E-state index in [4.69, 9.17) is 13.9 Å². The van der Waals surface area contributed by atoms with Gasteiger partial charge in [0.25, 0.3) is 0 Å². The summed E-state index contributed by atoms with van der Waals surface area (Å²) in [6.07, 6.45) is 5.55. The number of carbonyl (C=O) groups excluding carboxylic acids is 1. The highest BCUT2D eigenvalue weighted by molar-refractivity contribution is 6.14. The van der Waals surface area contributed by atoms with E-state index in [1.165, 1.54) is 0 Å². The number of benzene rings is 2. The first-order valence-electron chi connectivity index (χ1n) is 8.68. The number of Topliss-reactive ketones (excluding diaryl/α,β-unsaturated/α-hetero) is 1. The lowest BCUT2D eigenvalue weighted by molar-refractivity contribution is 0.101. The maximum Gasteiger partial charge on any atom is 0.232 e.